The first kappa shape index (κ1) is 28.3. The fourth-order valence-electron chi connectivity index (χ4n) is 4.90. The number of carboxylic acid groups (broad SMARTS) is 1. The summed E-state index contributed by atoms with van der Waals surface area (Å²) < 4.78 is 25.5. The molecule has 0 aliphatic carbocycles. The first-order valence-electron chi connectivity index (χ1n) is 13.0. The number of aryl methyl sites for hydroxylation is 1. The van der Waals surface area contributed by atoms with Crippen molar-refractivity contribution in [1.29, 1.82) is 0 Å². The molecule has 0 bridgehead atoms. The van der Waals surface area contributed by atoms with Crippen molar-refractivity contribution in [2.45, 2.75) is 77.2 Å². The van der Waals surface area contributed by atoms with Crippen LogP contribution in [-0.2, 0) is 27.1 Å². The van der Waals surface area contributed by atoms with Crippen LogP contribution in [-0.4, -0.2) is 65.6 Å². The van der Waals surface area contributed by atoms with Crippen LogP contribution in [0.2, 0.25) is 0 Å². The Morgan fingerprint density at radius 1 is 1.22 bits per heavy atom. The second-order valence-electron chi connectivity index (χ2n) is 9.76. The summed E-state index contributed by atoms with van der Waals surface area (Å²) in [5.74, 6) is -1.11. The van der Waals surface area contributed by atoms with E-state index in [9.17, 15) is 14.3 Å². The van der Waals surface area contributed by atoms with Crippen molar-refractivity contribution in [3.8, 4) is 0 Å². The van der Waals surface area contributed by atoms with E-state index < -0.39 is 18.2 Å². The molecule has 1 aliphatic heterocycles. The van der Waals surface area contributed by atoms with E-state index >= 15 is 0 Å². The van der Waals surface area contributed by atoms with E-state index in [-0.39, 0.29) is 24.6 Å². The molecule has 198 valence electrons. The third-order valence-electron chi connectivity index (χ3n) is 7.02. The van der Waals surface area contributed by atoms with Crippen LogP contribution in [0.15, 0.2) is 42.5 Å². The molecule has 3 rings (SSSR count). The van der Waals surface area contributed by atoms with Gasteiger partial charge in [0.1, 0.15) is 5.82 Å². The number of nitrogens with zero attached hydrogens (tertiary/aromatic N) is 1. The molecule has 2 aromatic carbocycles. The van der Waals surface area contributed by atoms with Gasteiger partial charge < -0.3 is 19.7 Å². The molecule has 2 N–H and O–H groups in total. The monoisotopic (exact) mass is 501 g/mol. The molecule has 0 saturated carbocycles. The average Bonchev–Trinajstić information content (AvgIpc) is 3.28. The van der Waals surface area contributed by atoms with Gasteiger partial charge in [0, 0.05) is 12.6 Å². The lowest BCUT2D eigenvalue weighted by Gasteiger charge is -2.28. The summed E-state index contributed by atoms with van der Waals surface area (Å²) in [7, 11) is 0. The SMILES string of the molecule is CCC(OCCc1ccccc1[C@@H](C)OC[C@@H](O)CN1CCC[C@H]1Cc1ccc(C)c(F)c1)C(=O)O. The minimum atomic E-state index is -0.942. The van der Waals surface area contributed by atoms with Crippen LogP contribution in [0, 0.1) is 12.7 Å². The van der Waals surface area contributed by atoms with Gasteiger partial charge in [-0.3, -0.25) is 4.90 Å². The molecule has 0 amide bonds. The van der Waals surface area contributed by atoms with Gasteiger partial charge in [-0.05, 0) is 80.8 Å². The molecule has 1 unspecified atom stereocenters. The molecule has 2 aromatic rings. The summed E-state index contributed by atoms with van der Waals surface area (Å²) in [6.45, 7) is 7.50. The molecular weight excluding hydrogens is 461 g/mol. The van der Waals surface area contributed by atoms with Crippen LogP contribution in [0.25, 0.3) is 0 Å². The Hall–Kier alpha value is -2.32. The minimum absolute atomic E-state index is 0.168. The van der Waals surface area contributed by atoms with Crippen molar-refractivity contribution in [1.82, 2.24) is 4.90 Å². The molecule has 4 atom stereocenters. The van der Waals surface area contributed by atoms with Crippen LogP contribution in [0.4, 0.5) is 4.39 Å². The molecule has 0 spiro atoms. The molecule has 1 fully saturated rings. The number of aliphatic hydroxyl groups excluding tert-OH is 1. The quantitative estimate of drug-likeness (QED) is 0.391. The highest BCUT2D eigenvalue weighted by Crippen LogP contribution is 2.24. The zero-order valence-corrected chi connectivity index (χ0v) is 21.7. The van der Waals surface area contributed by atoms with Gasteiger partial charge in [-0.25, -0.2) is 9.18 Å². The largest absolute Gasteiger partial charge is 0.479 e. The predicted octanol–water partition coefficient (Wildman–Crippen LogP) is 4.70. The Kier molecular flexibility index (Phi) is 10.9. The van der Waals surface area contributed by atoms with Gasteiger partial charge in [-0.1, -0.05) is 43.3 Å². The van der Waals surface area contributed by atoms with Crippen LogP contribution < -0.4 is 0 Å². The lowest BCUT2D eigenvalue weighted by atomic mass is 10.0. The third-order valence-corrected chi connectivity index (χ3v) is 7.02. The van der Waals surface area contributed by atoms with Crippen molar-refractivity contribution in [3.05, 3.63) is 70.5 Å². The van der Waals surface area contributed by atoms with Gasteiger partial charge in [-0.2, -0.15) is 0 Å². The molecule has 36 heavy (non-hydrogen) atoms. The maximum atomic E-state index is 14.0. The molecule has 0 aromatic heterocycles. The minimum Gasteiger partial charge on any atom is -0.479 e. The number of aliphatic hydroxyl groups is 1. The summed E-state index contributed by atoms with van der Waals surface area (Å²) in [4.78, 5) is 13.5. The van der Waals surface area contributed by atoms with E-state index in [0.29, 0.717) is 31.6 Å². The zero-order chi connectivity index (χ0) is 26.1. The van der Waals surface area contributed by atoms with E-state index in [1.807, 2.05) is 43.3 Å². The number of benzene rings is 2. The summed E-state index contributed by atoms with van der Waals surface area (Å²) in [6, 6.07) is 13.6. The molecule has 7 heteroatoms. The topological polar surface area (TPSA) is 79.2 Å². The first-order valence-corrected chi connectivity index (χ1v) is 13.0. The molecule has 1 heterocycles. The number of carboxylic acids is 1. The number of hydrogen-bond donors (Lipinski definition) is 2. The number of rotatable bonds is 14. The van der Waals surface area contributed by atoms with Crippen LogP contribution in [0.5, 0.6) is 0 Å². The fraction of sp³-hybridized carbons (Fsp3) is 0.552. The Balaban J connectivity index is 1.49. The lowest BCUT2D eigenvalue weighted by molar-refractivity contribution is -0.150. The number of likely N-dealkylation sites (tertiary alicyclic amines) is 1. The van der Waals surface area contributed by atoms with Gasteiger partial charge in [0.05, 0.1) is 25.4 Å². The van der Waals surface area contributed by atoms with Crippen LogP contribution in [0.3, 0.4) is 0 Å². The van der Waals surface area contributed by atoms with E-state index in [1.54, 1.807) is 19.9 Å². The predicted molar refractivity (Wildman–Crippen MR) is 138 cm³/mol. The smallest absolute Gasteiger partial charge is 0.332 e. The van der Waals surface area contributed by atoms with E-state index in [4.69, 9.17) is 14.6 Å². The maximum Gasteiger partial charge on any atom is 0.332 e. The van der Waals surface area contributed by atoms with E-state index in [0.717, 1.165) is 42.5 Å². The summed E-state index contributed by atoms with van der Waals surface area (Å²) in [5, 5.41) is 19.9. The Morgan fingerprint density at radius 2 is 2.00 bits per heavy atom. The second-order valence-corrected chi connectivity index (χ2v) is 9.76. The van der Waals surface area contributed by atoms with Gasteiger partial charge >= 0.3 is 5.97 Å². The van der Waals surface area contributed by atoms with Crippen molar-refractivity contribution in [2.24, 2.45) is 0 Å². The number of ether oxygens (including phenoxy) is 2. The van der Waals surface area contributed by atoms with Crippen molar-refractivity contribution < 1.29 is 28.9 Å². The molecule has 1 aliphatic rings. The zero-order valence-electron chi connectivity index (χ0n) is 21.7. The summed E-state index contributed by atoms with van der Waals surface area (Å²) >= 11 is 0. The summed E-state index contributed by atoms with van der Waals surface area (Å²) in [5.41, 5.74) is 3.70. The third kappa shape index (κ3) is 8.10. The van der Waals surface area contributed by atoms with Gasteiger partial charge in [0.2, 0.25) is 0 Å². The maximum absolute atomic E-state index is 14.0. The van der Waals surface area contributed by atoms with Crippen molar-refractivity contribution in [3.63, 3.8) is 0 Å². The fourth-order valence-corrected chi connectivity index (χ4v) is 4.90. The highest BCUT2D eigenvalue weighted by atomic mass is 19.1. The van der Waals surface area contributed by atoms with Gasteiger partial charge in [-0.15, -0.1) is 0 Å². The highest BCUT2D eigenvalue weighted by molar-refractivity contribution is 5.72. The van der Waals surface area contributed by atoms with E-state index in [1.165, 1.54) is 0 Å². The number of β-amino-alcohol motifs (C(OH)–C–C–N with tert-alkyl or cyclic N) is 1. The molecule has 6 nitrogen and oxygen atoms in total. The Bertz CT molecular complexity index is 984. The normalized spacial score (nSPS) is 18.8. The lowest BCUT2D eigenvalue weighted by Crippen LogP contribution is -2.39. The van der Waals surface area contributed by atoms with Crippen molar-refractivity contribution >= 4 is 5.97 Å². The first-order chi connectivity index (χ1) is 17.3. The molecular formula is C29H40FNO5. The highest BCUT2D eigenvalue weighted by Gasteiger charge is 2.27. The Morgan fingerprint density at radius 3 is 2.72 bits per heavy atom. The van der Waals surface area contributed by atoms with Crippen molar-refractivity contribution in [2.75, 3.05) is 26.3 Å². The second kappa shape index (κ2) is 13.8. The van der Waals surface area contributed by atoms with Crippen LogP contribution in [0.1, 0.15) is 61.5 Å². The standard InChI is InChI=1S/C29H40FNO5/c1-4-28(29(33)34)35-15-13-23-8-5-6-10-26(23)21(3)36-19-25(32)18-31-14-7-9-24(31)16-22-12-11-20(2)27(30)17-22/h5-6,8,10-12,17,21,24-25,28,32H,4,7,9,13-16,18-19H2,1-3H3,(H,33,34)/t21-,24+,25+,28?/m1/s1. The summed E-state index contributed by atoms with van der Waals surface area (Å²) in [6.07, 6.45) is 2.26. The number of aliphatic carboxylic acids is 1. The number of hydrogen-bond acceptors (Lipinski definition) is 5. The molecule has 1 saturated heterocycles. The average molecular weight is 502 g/mol. The van der Waals surface area contributed by atoms with Gasteiger partial charge in [0.25, 0.3) is 0 Å². The number of halogens is 1. The van der Waals surface area contributed by atoms with E-state index in [2.05, 4.69) is 4.90 Å². The Labute approximate surface area is 214 Å². The molecule has 0 radical (unpaired) electrons. The van der Waals surface area contributed by atoms with Gasteiger partial charge in [0.15, 0.2) is 6.10 Å². The number of carbonyl (C=O) groups is 1. The van der Waals surface area contributed by atoms with Crippen LogP contribution >= 0.6 is 0 Å².